The van der Waals surface area contributed by atoms with E-state index < -0.39 is 0 Å². The van der Waals surface area contributed by atoms with Gasteiger partial charge in [-0.3, -0.25) is 0 Å². The van der Waals surface area contributed by atoms with Crippen LogP contribution in [0.5, 0.6) is 0 Å². The Hall–Kier alpha value is -0.890. The lowest BCUT2D eigenvalue weighted by molar-refractivity contribution is 0.634. The fourth-order valence-electron chi connectivity index (χ4n) is 1.71. The molecule has 1 aromatic rings. The molecule has 0 N–H and O–H groups in total. The van der Waals surface area contributed by atoms with Gasteiger partial charge in [-0.25, -0.2) is 4.98 Å². The Bertz CT molecular complexity index is 373. The van der Waals surface area contributed by atoms with Crippen LogP contribution in [0.15, 0.2) is 23.7 Å². The maximum atomic E-state index is 4.27. The summed E-state index contributed by atoms with van der Waals surface area (Å²) in [7, 11) is 0. The van der Waals surface area contributed by atoms with Gasteiger partial charge in [0.15, 0.2) is 0 Å². The molecule has 1 aliphatic carbocycles. The Morgan fingerprint density at radius 1 is 1.57 bits per heavy atom. The fourth-order valence-corrected chi connectivity index (χ4v) is 2.54. The zero-order valence-corrected chi connectivity index (χ0v) is 9.47. The summed E-state index contributed by atoms with van der Waals surface area (Å²) in [6.07, 6.45) is 9.34. The van der Waals surface area contributed by atoms with Crippen molar-refractivity contribution < 1.29 is 0 Å². The molecular weight excluding hydrogens is 190 g/mol. The topological polar surface area (TPSA) is 12.9 Å². The largest absolute Gasteiger partial charge is 0.249 e. The smallest absolute Gasteiger partial charge is 0.0801 e. The van der Waals surface area contributed by atoms with Crippen LogP contribution in [0, 0.1) is 12.8 Å². The van der Waals surface area contributed by atoms with Crippen molar-refractivity contribution >= 4 is 16.9 Å². The molecule has 1 aromatic heterocycles. The number of allylic oxidation sites excluding steroid dienone is 4. The Morgan fingerprint density at radius 3 is 2.93 bits per heavy atom. The van der Waals surface area contributed by atoms with Crippen LogP contribution in [-0.2, 0) is 0 Å². The lowest BCUT2D eigenvalue weighted by atomic mass is 9.94. The molecule has 1 aliphatic rings. The average molecular weight is 205 g/mol. The fraction of sp³-hybridized carbons (Fsp3) is 0.417. The first-order chi connectivity index (χ1) is 6.81. The number of thiazole rings is 1. The summed E-state index contributed by atoms with van der Waals surface area (Å²) in [5.74, 6) is 0.743. The van der Waals surface area contributed by atoms with Crippen molar-refractivity contribution in [1.29, 1.82) is 0 Å². The molecule has 0 saturated heterocycles. The SMILES string of the molecule is CCC1C=CC(c2scnc2C)=CC1. The van der Waals surface area contributed by atoms with Crippen molar-refractivity contribution in [2.24, 2.45) is 5.92 Å². The van der Waals surface area contributed by atoms with Crippen LogP contribution in [0.1, 0.15) is 30.3 Å². The summed E-state index contributed by atoms with van der Waals surface area (Å²) in [4.78, 5) is 5.60. The Balaban J connectivity index is 2.20. The van der Waals surface area contributed by atoms with Crippen LogP contribution in [0.4, 0.5) is 0 Å². The van der Waals surface area contributed by atoms with Gasteiger partial charge in [-0.05, 0) is 31.3 Å². The molecular formula is C12H15NS. The third kappa shape index (κ3) is 1.80. The van der Waals surface area contributed by atoms with Gasteiger partial charge in [0.1, 0.15) is 0 Å². The highest BCUT2D eigenvalue weighted by Crippen LogP contribution is 2.29. The van der Waals surface area contributed by atoms with E-state index in [1.54, 1.807) is 11.3 Å². The minimum absolute atomic E-state index is 0.743. The molecule has 1 heterocycles. The molecule has 1 atom stereocenters. The van der Waals surface area contributed by atoms with Gasteiger partial charge in [-0.15, -0.1) is 11.3 Å². The molecule has 2 rings (SSSR count). The first kappa shape index (κ1) is 9.66. The minimum Gasteiger partial charge on any atom is -0.249 e. The highest BCUT2D eigenvalue weighted by Gasteiger charge is 2.10. The number of aromatic nitrogens is 1. The molecule has 1 nitrogen and oxygen atoms in total. The number of rotatable bonds is 2. The Kier molecular flexibility index (Phi) is 2.82. The van der Waals surface area contributed by atoms with E-state index in [1.807, 2.05) is 5.51 Å². The summed E-state index contributed by atoms with van der Waals surface area (Å²) in [6, 6.07) is 0. The number of nitrogens with zero attached hydrogens (tertiary/aromatic N) is 1. The van der Waals surface area contributed by atoms with Crippen molar-refractivity contribution in [3.63, 3.8) is 0 Å². The lowest BCUT2D eigenvalue weighted by Crippen LogP contribution is -1.97. The van der Waals surface area contributed by atoms with Crippen LogP contribution in [0.3, 0.4) is 0 Å². The van der Waals surface area contributed by atoms with E-state index in [1.165, 1.54) is 23.3 Å². The van der Waals surface area contributed by atoms with Gasteiger partial charge in [0.05, 0.1) is 16.1 Å². The normalized spacial score (nSPS) is 21.0. The van der Waals surface area contributed by atoms with Crippen LogP contribution >= 0.6 is 11.3 Å². The van der Waals surface area contributed by atoms with Crippen molar-refractivity contribution in [1.82, 2.24) is 4.98 Å². The zero-order valence-electron chi connectivity index (χ0n) is 8.66. The van der Waals surface area contributed by atoms with Crippen molar-refractivity contribution in [3.8, 4) is 0 Å². The molecule has 0 radical (unpaired) electrons. The molecule has 2 heteroatoms. The van der Waals surface area contributed by atoms with Gasteiger partial charge in [-0.2, -0.15) is 0 Å². The maximum absolute atomic E-state index is 4.27. The molecule has 0 saturated carbocycles. The number of hydrogen-bond donors (Lipinski definition) is 0. The second-order valence-corrected chi connectivity index (χ2v) is 4.54. The lowest BCUT2D eigenvalue weighted by Gasteiger charge is -2.13. The molecule has 0 aliphatic heterocycles. The minimum atomic E-state index is 0.743. The first-order valence-electron chi connectivity index (χ1n) is 5.10. The summed E-state index contributed by atoms with van der Waals surface area (Å²) < 4.78 is 0. The molecule has 0 amide bonds. The van der Waals surface area contributed by atoms with Gasteiger partial charge in [0.2, 0.25) is 0 Å². The third-order valence-electron chi connectivity index (χ3n) is 2.72. The predicted octanol–water partition coefficient (Wildman–Crippen LogP) is 3.82. The predicted molar refractivity (Wildman–Crippen MR) is 62.4 cm³/mol. The monoisotopic (exact) mass is 205 g/mol. The van der Waals surface area contributed by atoms with E-state index in [0.29, 0.717) is 0 Å². The average Bonchev–Trinajstić information content (AvgIpc) is 2.65. The zero-order chi connectivity index (χ0) is 9.97. The van der Waals surface area contributed by atoms with Crippen molar-refractivity contribution in [3.05, 3.63) is 34.3 Å². The van der Waals surface area contributed by atoms with Gasteiger partial charge >= 0.3 is 0 Å². The molecule has 0 spiro atoms. The van der Waals surface area contributed by atoms with E-state index in [2.05, 4.69) is 37.1 Å². The van der Waals surface area contributed by atoms with Gasteiger partial charge < -0.3 is 0 Å². The van der Waals surface area contributed by atoms with Crippen LogP contribution in [-0.4, -0.2) is 4.98 Å². The van der Waals surface area contributed by atoms with Gasteiger partial charge in [-0.1, -0.05) is 25.2 Å². The summed E-state index contributed by atoms with van der Waals surface area (Å²) in [6.45, 7) is 4.32. The van der Waals surface area contributed by atoms with E-state index >= 15 is 0 Å². The Labute approximate surface area is 89.2 Å². The quantitative estimate of drug-likeness (QED) is 0.715. The second-order valence-electron chi connectivity index (χ2n) is 3.69. The molecule has 0 aromatic carbocycles. The molecule has 1 unspecified atom stereocenters. The van der Waals surface area contributed by atoms with Crippen molar-refractivity contribution in [2.75, 3.05) is 0 Å². The van der Waals surface area contributed by atoms with E-state index in [4.69, 9.17) is 0 Å². The first-order valence-corrected chi connectivity index (χ1v) is 5.98. The maximum Gasteiger partial charge on any atom is 0.0801 e. The second kappa shape index (κ2) is 4.09. The van der Waals surface area contributed by atoms with Crippen LogP contribution in [0.2, 0.25) is 0 Å². The molecule has 0 bridgehead atoms. The molecule has 14 heavy (non-hydrogen) atoms. The van der Waals surface area contributed by atoms with Crippen LogP contribution < -0.4 is 0 Å². The highest BCUT2D eigenvalue weighted by atomic mass is 32.1. The summed E-state index contributed by atoms with van der Waals surface area (Å²) in [5, 5.41) is 0. The van der Waals surface area contributed by atoms with Crippen molar-refractivity contribution in [2.45, 2.75) is 26.7 Å². The standard InChI is InChI=1S/C12H15NS/c1-3-10-4-6-11(7-5-10)12-9(2)13-8-14-12/h4,6-8,10H,3,5H2,1-2H3. The summed E-state index contributed by atoms with van der Waals surface area (Å²) >= 11 is 1.73. The molecule has 0 fully saturated rings. The van der Waals surface area contributed by atoms with E-state index in [-0.39, 0.29) is 0 Å². The molecule has 74 valence electrons. The van der Waals surface area contributed by atoms with E-state index in [0.717, 1.165) is 11.6 Å². The number of hydrogen-bond acceptors (Lipinski definition) is 2. The van der Waals surface area contributed by atoms with Crippen LogP contribution in [0.25, 0.3) is 5.57 Å². The third-order valence-corrected chi connectivity index (χ3v) is 3.70. The van der Waals surface area contributed by atoms with Gasteiger partial charge in [0, 0.05) is 0 Å². The number of aryl methyl sites for hydroxylation is 1. The van der Waals surface area contributed by atoms with Gasteiger partial charge in [0.25, 0.3) is 0 Å². The highest BCUT2D eigenvalue weighted by molar-refractivity contribution is 7.11. The Morgan fingerprint density at radius 2 is 2.43 bits per heavy atom. The van der Waals surface area contributed by atoms with E-state index in [9.17, 15) is 0 Å². The summed E-state index contributed by atoms with van der Waals surface area (Å²) in [5.41, 5.74) is 4.43.